The fourth-order valence-corrected chi connectivity index (χ4v) is 7.21. The summed E-state index contributed by atoms with van der Waals surface area (Å²) in [6, 6.07) is 17.3. The number of methoxy groups -OCH3 is 2. The van der Waals surface area contributed by atoms with Crippen LogP contribution in [-0.2, 0) is 29.3 Å². The summed E-state index contributed by atoms with van der Waals surface area (Å²) in [4.78, 5) is 41.7. The largest absolute Gasteiger partial charge is 0.467 e. The number of carbonyl (C=O) groups excluding carboxylic acids is 3. The number of nitrogens with one attached hydrogen (secondary N) is 1. The lowest BCUT2D eigenvalue weighted by atomic mass is 9.55. The third kappa shape index (κ3) is 2.45. The maximum atomic E-state index is 14.5. The number of Topliss-reactive ketones (excluding diaryl/α,β-unsaturated/α-hetero) is 1. The van der Waals surface area contributed by atoms with E-state index in [9.17, 15) is 14.4 Å². The molecule has 3 aliphatic carbocycles. The summed E-state index contributed by atoms with van der Waals surface area (Å²) >= 11 is 0. The number of ketones is 1. The zero-order valence-electron chi connectivity index (χ0n) is 19.9. The van der Waals surface area contributed by atoms with Gasteiger partial charge in [0.1, 0.15) is 5.57 Å². The van der Waals surface area contributed by atoms with Gasteiger partial charge in [-0.2, -0.15) is 0 Å². The van der Waals surface area contributed by atoms with E-state index in [1.165, 1.54) is 14.2 Å². The Morgan fingerprint density at radius 2 is 1.57 bits per heavy atom. The minimum Gasteiger partial charge on any atom is -0.467 e. The molecule has 6 heteroatoms. The van der Waals surface area contributed by atoms with Crippen molar-refractivity contribution < 1.29 is 23.9 Å². The van der Waals surface area contributed by atoms with Gasteiger partial charge in [-0.1, -0.05) is 79.9 Å². The van der Waals surface area contributed by atoms with Crippen molar-refractivity contribution in [1.29, 1.82) is 0 Å². The summed E-state index contributed by atoms with van der Waals surface area (Å²) in [5.41, 5.74) is 0.268. The molecule has 35 heavy (non-hydrogen) atoms. The average molecular weight is 470 g/mol. The lowest BCUT2D eigenvalue weighted by molar-refractivity contribution is -0.153. The first-order valence-electron chi connectivity index (χ1n) is 12.1. The van der Waals surface area contributed by atoms with Gasteiger partial charge in [0.25, 0.3) is 0 Å². The van der Waals surface area contributed by atoms with E-state index in [0.29, 0.717) is 5.57 Å². The Morgan fingerprint density at radius 1 is 0.886 bits per heavy atom. The standard InChI is InChI=1S/C29H27NO5/c1-34-25(32)22-23-20-14-8-7-11-18(20)17-21-27(15-9-4-10-16-27)30-29(24(22)31,26(33)35-2)28(21,23)19-12-5-3-6-13-19/h3,5-8,11-14,17,30H,4,9-10,15-16H2,1-2H3/t28-,29-/m1/s1. The molecule has 1 aliphatic heterocycles. The number of ether oxygens (including phenoxy) is 2. The molecule has 6 nitrogen and oxygen atoms in total. The van der Waals surface area contributed by atoms with Crippen molar-refractivity contribution in [3.05, 3.63) is 82.4 Å². The molecule has 1 spiro atoms. The molecule has 2 aromatic carbocycles. The van der Waals surface area contributed by atoms with E-state index in [0.717, 1.165) is 54.4 Å². The van der Waals surface area contributed by atoms with Crippen molar-refractivity contribution in [3.63, 3.8) is 0 Å². The Labute approximate surface area is 204 Å². The van der Waals surface area contributed by atoms with Gasteiger partial charge in [0.2, 0.25) is 5.78 Å². The monoisotopic (exact) mass is 469 g/mol. The Kier molecular flexibility index (Phi) is 4.71. The van der Waals surface area contributed by atoms with Crippen LogP contribution >= 0.6 is 0 Å². The van der Waals surface area contributed by atoms with Crippen LogP contribution in [-0.4, -0.2) is 43.0 Å². The molecule has 178 valence electrons. The third-order valence-corrected chi connectivity index (χ3v) is 8.43. The summed E-state index contributed by atoms with van der Waals surface area (Å²) in [6.07, 6.45) is 6.78. The fraction of sp³-hybridized carbons (Fsp3) is 0.345. The van der Waals surface area contributed by atoms with Gasteiger partial charge in [0.15, 0.2) is 5.54 Å². The number of hydrogen-bond acceptors (Lipinski definition) is 6. The quantitative estimate of drug-likeness (QED) is 0.419. The molecular formula is C29H27NO5. The second-order valence-electron chi connectivity index (χ2n) is 9.84. The van der Waals surface area contributed by atoms with Crippen LogP contribution in [0.1, 0.15) is 48.8 Å². The van der Waals surface area contributed by atoms with Gasteiger partial charge in [0, 0.05) is 5.54 Å². The van der Waals surface area contributed by atoms with E-state index >= 15 is 0 Å². The van der Waals surface area contributed by atoms with Gasteiger partial charge in [0.05, 0.1) is 19.6 Å². The highest BCUT2D eigenvalue weighted by Gasteiger charge is 2.80. The van der Waals surface area contributed by atoms with E-state index in [1.54, 1.807) is 0 Å². The molecule has 6 rings (SSSR count). The van der Waals surface area contributed by atoms with E-state index in [1.807, 2.05) is 54.6 Å². The minimum absolute atomic E-state index is 0.0852. The van der Waals surface area contributed by atoms with Crippen LogP contribution in [0.5, 0.6) is 0 Å². The van der Waals surface area contributed by atoms with Crippen molar-refractivity contribution in [3.8, 4) is 0 Å². The number of esters is 2. The van der Waals surface area contributed by atoms with Crippen molar-refractivity contribution in [2.24, 2.45) is 0 Å². The normalized spacial score (nSPS) is 27.8. The lowest BCUT2D eigenvalue weighted by Gasteiger charge is -2.44. The zero-order valence-corrected chi connectivity index (χ0v) is 19.9. The molecule has 1 N–H and O–H groups in total. The third-order valence-electron chi connectivity index (χ3n) is 8.43. The predicted molar refractivity (Wildman–Crippen MR) is 130 cm³/mol. The Balaban J connectivity index is 1.84. The van der Waals surface area contributed by atoms with Crippen molar-refractivity contribution >= 4 is 29.4 Å². The first-order valence-corrected chi connectivity index (χ1v) is 12.1. The summed E-state index contributed by atoms with van der Waals surface area (Å²) in [5, 5.41) is 3.59. The highest BCUT2D eigenvalue weighted by molar-refractivity contribution is 6.39. The van der Waals surface area contributed by atoms with E-state index in [-0.39, 0.29) is 5.57 Å². The number of carbonyl (C=O) groups is 3. The van der Waals surface area contributed by atoms with Crippen LogP contribution < -0.4 is 5.32 Å². The van der Waals surface area contributed by atoms with Crippen LogP contribution in [0.15, 0.2) is 65.7 Å². The molecule has 2 atom stereocenters. The molecule has 0 bridgehead atoms. The maximum absolute atomic E-state index is 14.5. The van der Waals surface area contributed by atoms with E-state index in [4.69, 9.17) is 9.47 Å². The topological polar surface area (TPSA) is 81.7 Å². The molecular weight excluding hydrogens is 442 g/mol. The Hall–Kier alpha value is -3.51. The Morgan fingerprint density at radius 3 is 2.26 bits per heavy atom. The van der Waals surface area contributed by atoms with Crippen molar-refractivity contribution in [1.82, 2.24) is 5.32 Å². The summed E-state index contributed by atoms with van der Waals surface area (Å²) in [5.74, 6) is -2.01. The van der Waals surface area contributed by atoms with Gasteiger partial charge >= 0.3 is 11.9 Å². The van der Waals surface area contributed by atoms with Crippen molar-refractivity contribution in [2.75, 3.05) is 14.2 Å². The molecule has 0 unspecified atom stereocenters. The van der Waals surface area contributed by atoms with Gasteiger partial charge in [-0.25, -0.2) is 9.59 Å². The fourth-order valence-electron chi connectivity index (χ4n) is 7.21. The lowest BCUT2D eigenvalue weighted by Crippen LogP contribution is -2.65. The molecule has 2 aromatic rings. The molecule has 1 saturated heterocycles. The van der Waals surface area contributed by atoms with Gasteiger partial charge in [-0.3, -0.25) is 10.1 Å². The predicted octanol–water partition coefficient (Wildman–Crippen LogP) is 3.75. The van der Waals surface area contributed by atoms with E-state index < -0.39 is 34.2 Å². The number of hydrogen-bond donors (Lipinski definition) is 1. The second kappa shape index (κ2) is 7.49. The first kappa shape index (κ1) is 22.0. The zero-order chi connectivity index (χ0) is 24.4. The SMILES string of the molecule is COC(=O)C1=C2c3ccccc3C=C3C4(CCCCC4)N[C@@](C(=O)OC)(C1=O)[C@]32c1ccccc1. The van der Waals surface area contributed by atoms with Crippen LogP contribution in [0.2, 0.25) is 0 Å². The molecule has 1 heterocycles. The van der Waals surface area contributed by atoms with Crippen LogP contribution in [0.25, 0.3) is 11.6 Å². The van der Waals surface area contributed by atoms with Gasteiger partial charge in [-0.05, 0) is 40.7 Å². The summed E-state index contributed by atoms with van der Waals surface area (Å²) in [6.45, 7) is 0. The molecule has 4 aliphatic rings. The highest BCUT2D eigenvalue weighted by atomic mass is 16.5. The van der Waals surface area contributed by atoms with Gasteiger partial charge < -0.3 is 9.47 Å². The van der Waals surface area contributed by atoms with Crippen LogP contribution in [0.3, 0.4) is 0 Å². The molecule has 0 aromatic heterocycles. The first-order chi connectivity index (χ1) is 17.0. The molecule has 2 fully saturated rings. The molecule has 0 amide bonds. The molecule has 0 radical (unpaired) electrons. The molecule has 1 saturated carbocycles. The second-order valence-corrected chi connectivity index (χ2v) is 9.84. The maximum Gasteiger partial charge on any atom is 0.341 e. The van der Waals surface area contributed by atoms with Crippen LogP contribution in [0, 0.1) is 0 Å². The smallest absolute Gasteiger partial charge is 0.341 e. The number of fused-ring (bicyclic) bond motifs is 3. The Bertz CT molecular complexity index is 1330. The summed E-state index contributed by atoms with van der Waals surface area (Å²) < 4.78 is 10.5. The number of benzene rings is 2. The van der Waals surface area contributed by atoms with E-state index in [2.05, 4.69) is 11.4 Å². The van der Waals surface area contributed by atoms with Crippen LogP contribution in [0.4, 0.5) is 0 Å². The minimum atomic E-state index is -1.81. The number of rotatable bonds is 3. The van der Waals surface area contributed by atoms with Crippen molar-refractivity contribution in [2.45, 2.75) is 48.6 Å². The van der Waals surface area contributed by atoms with Gasteiger partial charge in [-0.15, -0.1) is 0 Å². The summed E-state index contributed by atoms with van der Waals surface area (Å²) in [7, 11) is 2.56. The average Bonchev–Trinajstić information content (AvgIpc) is 3.29. The highest BCUT2D eigenvalue weighted by Crippen LogP contribution is 2.69.